The van der Waals surface area contributed by atoms with Crippen LogP contribution in [-0.2, 0) is 11.2 Å². The molecule has 2 unspecified atom stereocenters. The maximum atomic E-state index is 11.9. The van der Waals surface area contributed by atoms with Gasteiger partial charge in [-0.3, -0.25) is 0 Å². The minimum Gasteiger partial charge on any atom is -0.389 e. The van der Waals surface area contributed by atoms with E-state index in [1.165, 1.54) is 0 Å². The molecular formula is C13H18F3NO2. The number of ether oxygens (including phenoxy) is 1. The van der Waals surface area contributed by atoms with Crippen LogP contribution in [-0.4, -0.2) is 36.6 Å². The fourth-order valence-corrected chi connectivity index (χ4v) is 1.54. The van der Waals surface area contributed by atoms with Crippen LogP contribution in [0.5, 0.6) is 0 Å². The monoisotopic (exact) mass is 277 g/mol. The van der Waals surface area contributed by atoms with Gasteiger partial charge in [-0.15, -0.1) is 0 Å². The zero-order valence-electron chi connectivity index (χ0n) is 10.4. The van der Waals surface area contributed by atoms with Crippen molar-refractivity contribution in [2.75, 3.05) is 13.2 Å². The first kappa shape index (κ1) is 15.9. The maximum absolute atomic E-state index is 11.9. The van der Waals surface area contributed by atoms with Crippen LogP contribution in [0.15, 0.2) is 30.3 Å². The summed E-state index contributed by atoms with van der Waals surface area (Å²) in [5, 5.41) is 9.68. The number of benzene rings is 1. The number of rotatable bonds is 7. The number of hydrogen-bond donors (Lipinski definition) is 2. The molecule has 0 bridgehead atoms. The lowest BCUT2D eigenvalue weighted by Gasteiger charge is -2.19. The smallest absolute Gasteiger partial charge is 0.389 e. The van der Waals surface area contributed by atoms with Crippen molar-refractivity contribution < 1.29 is 23.0 Å². The molecule has 0 radical (unpaired) electrons. The number of halogens is 3. The Balaban J connectivity index is 2.24. The Morgan fingerprint density at radius 3 is 2.42 bits per heavy atom. The first-order valence-corrected chi connectivity index (χ1v) is 6.00. The van der Waals surface area contributed by atoms with Crippen LogP contribution < -0.4 is 5.73 Å². The molecule has 2 atom stereocenters. The number of hydrogen-bond acceptors (Lipinski definition) is 3. The molecule has 1 aromatic carbocycles. The molecule has 0 saturated heterocycles. The molecule has 0 saturated carbocycles. The molecule has 3 nitrogen and oxygen atoms in total. The SMILES string of the molecule is NC(Cc1ccccc1)C(O)COCCC(F)(F)F. The molecule has 108 valence electrons. The van der Waals surface area contributed by atoms with E-state index in [1.807, 2.05) is 30.3 Å². The van der Waals surface area contributed by atoms with Gasteiger partial charge in [0, 0.05) is 6.04 Å². The van der Waals surface area contributed by atoms with Crippen LogP contribution in [0.3, 0.4) is 0 Å². The largest absolute Gasteiger partial charge is 0.391 e. The Morgan fingerprint density at radius 2 is 1.84 bits per heavy atom. The van der Waals surface area contributed by atoms with Gasteiger partial charge in [-0.25, -0.2) is 0 Å². The third-order valence-electron chi connectivity index (χ3n) is 2.63. The zero-order chi connectivity index (χ0) is 14.3. The van der Waals surface area contributed by atoms with Crippen LogP contribution in [0.25, 0.3) is 0 Å². The Bertz CT molecular complexity index is 357. The molecule has 6 heteroatoms. The van der Waals surface area contributed by atoms with Gasteiger partial charge in [-0.1, -0.05) is 30.3 Å². The average molecular weight is 277 g/mol. The van der Waals surface area contributed by atoms with E-state index in [-0.39, 0.29) is 6.61 Å². The lowest BCUT2D eigenvalue weighted by Crippen LogP contribution is -2.39. The lowest BCUT2D eigenvalue weighted by molar-refractivity contribution is -0.147. The predicted molar refractivity (Wildman–Crippen MR) is 65.6 cm³/mol. The topological polar surface area (TPSA) is 55.5 Å². The van der Waals surface area contributed by atoms with Gasteiger partial charge >= 0.3 is 6.18 Å². The van der Waals surface area contributed by atoms with Crippen LogP contribution >= 0.6 is 0 Å². The summed E-state index contributed by atoms with van der Waals surface area (Å²) >= 11 is 0. The number of aliphatic hydroxyl groups excluding tert-OH is 1. The van der Waals surface area contributed by atoms with E-state index < -0.39 is 31.3 Å². The van der Waals surface area contributed by atoms with Gasteiger partial charge in [0.2, 0.25) is 0 Å². The summed E-state index contributed by atoms with van der Waals surface area (Å²) in [6.45, 7) is -0.650. The predicted octanol–water partition coefficient (Wildman–Crippen LogP) is 1.89. The summed E-state index contributed by atoms with van der Waals surface area (Å²) in [7, 11) is 0. The zero-order valence-corrected chi connectivity index (χ0v) is 10.4. The third kappa shape index (κ3) is 7.15. The second-order valence-electron chi connectivity index (χ2n) is 4.36. The second-order valence-corrected chi connectivity index (χ2v) is 4.36. The number of aliphatic hydroxyl groups is 1. The third-order valence-corrected chi connectivity index (χ3v) is 2.63. The highest BCUT2D eigenvalue weighted by Gasteiger charge is 2.26. The summed E-state index contributed by atoms with van der Waals surface area (Å²) < 4.78 is 40.4. The molecule has 0 amide bonds. The summed E-state index contributed by atoms with van der Waals surface area (Å²) in [6, 6.07) is 8.76. The van der Waals surface area contributed by atoms with Crippen molar-refractivity contribution in [3.8, 4) is 0 Å². The minimum atomic E-state index is -4.24. The van der Waals surface area contributed by atoms with E-state index >= 15 is 0 Å². The number of nitrogens with two attached hydrogens (primary N) is 1. The quantitative estimate of drug-likeness (QED) is 0.748. The Kier molecular flexibility index (Phi) is 6.27. The highest BCUT2D eigenvalue weighted by molar-refractivity contribution is 5.16. The molecule has 0 aliphatic rings. The van der Waals surface area contributed by atoms with Crippen molar-refractivity contribution in [2.24, 2.45) is 5.73 Å². The maximum Gasteiger partial charge on any atom is 0.391 e. The molecule has 1 rings (SSSR count). The van der Waals surface area contributed by atoms with Crippen LogP contribution in [0, 0.1) is 0 Å². The molecule has 0 spiro atoms. The molecule has 0 aromatic heterocycles. The Hall–Kier alpha value is -1.11. The van der Waals surface area contributed by atoms with E-state index in [2.05, 4.69) is 0 Å². The van der Waals surface area contributed by atoms with E-state index in [0.717, 1.165) is 5.56 Å². The van der Waals surface area contributed by atoms with Gasteiger partial charge in [-0.05, 0) is 12.0 Å². The van der Waals surface area contributed by atoms with Crippen LogP contribution in [0.1, 0.15) is 12.0 Å². The lowest BCUT2D eigenvalue weighted by atomic mass is 10.0. The fourth-order valence-electron chi connectivity index (χ4n) is 1.54. The van der Waals surface area contributed by atoms with Crippen molar-refractivity contribution in [2.45, 2.75) is 31.2 Å². The van der Waals surface area contributed by atoms with Crippen LogP contribution in [0.2, 0.25) is 0 Å². The van der Waals surface area contributed by atoms with Gasteiger partial charge in [0.1, 0.15) is 0 Å². The van der Waals surface area contributed by atoms with Crippen molar-refractivity contribution in [1.29, 1.82) is 0 Å². The van der Waals surface area contributed by atoms with Gasteiger partial charge < -0.3 is 15.6 Å². The molecular weight excluding hydrogens is 259 g/mol. The normalized spacial score (nSPS) is 15.2. The summed E-state index contributed by atoms with van der Waals surface area (Å²) in [4.78, 5) is 0. The molecule has 0 fully saturated rings. The summed E-state index contributed by atoms with van der Waals surface area (Å²) in [5.41, 5.74) is 6.73. The van der Waals surface area contributed by atoms with E-state index in [4.69, 9.17) is 10.5 Å². The summed E-state index contributed by atoms with van der Waals surface area (Å²) in [5.74, 6) is 0. The van der Waals surface area contributed by atoms with Crippen LogP contribution in [0.4, 0.5) is 13.2 Å². The Morgan fingerprint density at radius 1 is 1.21 bits per heavy atom. The molecule has 0 aliphatic carbocycles. The van der Waals surface area contributed by atoms with Crippen molar-refractivity contribution >= 4 is 0 Å². The highest BCUT2D eigenvalue weighted by atomic mass is 19.4. The van der Waals surface area contributed by atoms with Gasteiger partial charge in [0.25, 0.3) is 0 Å². The average Bonchev–Trinajstić information content (AvgIpc) is 2.34. The first-order valence-electron chi connectivity index (χ1n) is 6.00. The van der Waals surface area contributed by atoms with Crippen molar-refractivity contribution in [1.82, 2.24) is 0 Å². The molecule has 0 aliphatic heterocycles. The Labute approximate surface area is 110 Å². The minimum absolute atomic E-state index is 0.190. The van der Waals surface area contributed by atoms with E-state index in [1.54, 1.807) is 0 Å². The molecule has 1 aromatic rings. The van der Waals surface area contributed by atoms with Gasteiger partial charge in [0.15, 0.2) is 0 Å². The second kappa shape index (κ2) is 7.47. The van der Waals surface area contributed by atoms with E-state index in [0.29, 0.717) is 6.42 Å². The van der Waals surface area contributed by atoms with Crippen molar-refractivity contribution in [3.05, 3.63) is 35.9 Å². The fraction of sp³-hybridized carbons (Fsp3) is 0.538. The molecule has 19 heavy (non-hydrogen) atoms. The number of alkyl halides is 3. The van der Waals surface area contributed by atoms with E-state index in [9.17, 15) is 18.3 Å². The van der Waals surface area contributed by atoms with Gasteiger partial charge in [0.05, 0.1) is 25.7 Å². The highest BCUT2D eigenvalue weighted by Crippen LogP contribution is 2.19. The molecule has 0 heterocycles. The summed E-state index contributed by atoms with van der Waals surface area (Å²) in [6.07, 6.45) is -5.79. The van der Waals surface area contributed by atoms with Crippen molar-refractivity contribution in [3.63, 3.8) is 0 Å². The first-order chi connectivity index (χ1) is 8.88. The molecule has 3 N–H and O–H groups in total. The van der Waals surface area contributed by atoms with Gasteiger partial charge in [-0.2, -0.15) is 13.2 Å². The standard InChI is InChI=1S/C13H18F3NO2/c14-13(15,16)6-7-19-9-12(18)11(17)8-10-4-2-1-3-5-10/h1-5,11-12,18H,6-9,17H2.